The van der Waals surface area contributed by atoms with Gasteiger partial charge in [0.25, 0.3) is 0 Å². The summed E-state index contributed by atoms with van der Waals surface area (Å²) < 4.78 is 5.70. The van der Waals surface area contributed by atoms with Crippen molar-refractivity contribution in [3.63, 3.8) is 0 Å². The van der Waals surface area contributed by atoms with Crippen LogP contribution in [0.1, 0.15) is 49.3 Å². The summed E-state index contributed by atoms with van der Waals surface area (Å²) in [6.45, 7) is 10.0. The van der Waals surface area contributed by atoms with Crippen molar-refractivity contribution in [2.45, 2.75) is 52.1 Å². The monoisotopic (exact) mass is 262 g/mol. The molecule has 1 saturated heterocycles. The molecular weight excluding hydrogens is 236 g/mol. The lowest BCUT2D eigenvalue weighted by atomic mass is 10.1. The molecule has 2 unspecified atom stereocenters. The van der Waals surface area contributed by atoms with E-state index >= 15 is 0 Å². The minimum Gasteiger partial charge on any atom is -0.466 e. The number of hydrogen-bond donors (Lipinski definition) is 1. The Morgan fingerprint density at radius 2 is 2.16 bits per heavy atom. The van der Waals surface area contributed by atoms with E-state index in [1.807, 2.05) is 6.92 Å². The van der Waals surface area contributed by atoms with Crippen LogP contribution in [-0.2, 0) is 0 Å². The van der Waals surface area contributed by atoms with Crippen LogP contribution >= 0.6 is 0 Å². The second-order valence-corrected chi connectivity index (χ2v) is 6.29. The van der Waals surface area contributed by atoms with Crippen molar-refractivity contribution in [2.24, 2.45) is 5.92 Å². The molecule has 1 aliphatic heterocycles. The van der Waals surface area contributed by atoms with Gasteiger partial charge in [-0.1, -0.05) is 0 Å². The minimum absolute atomic E-state index is 0.471. The van der Waals surface area contributed by atoms with E-state index in [1.165, 1.54) is 44.5 Å². The van der Waals surface area contributed by atoms with Crippen molar-refractivity contribution >= 4 is 0 Å². The third-order valence-electron chi connectivity index (χ3n) is 4.73. The maximum Gasteiger partial charge on any atom is 0.105 e. The summed E-state index contributed by atoms with van der Waals surface area (Å²) >= 11 is 0. The lowest BCUT2D eigenvalue weighted by Gasteiger charge is -2.30. The molecule has 0 amide bonds. The smallest absolute Gasteiger partial charge is 0.105 e. The van der Waals surface area contributed by atoms with Gasteiger partial charge in [-0.2, -0.15) is 0 Å². The van der Waals surface area contributed by atoms with Crippen LogP contribution in [0.4, 0.5) is 0 Å². The Labute approximate surface area is 116 Å². The second-order valence-electron chi connectivity index (χ2n) is 6.29. The van der Waals surface area contributed by atoms with Crippen LogP contribution < -0.4 is 5.32 Å². The molecule has 0 aromatic carbocycles. The Hall–Kier alpha value is -0.800. The molecule has 1 saturated carbocycles. The van der Waals surface area contributed by atoms with E-state index in [2.05, 4.69) is 30.1 Å². The molecule has 2 atom stereocenters. The molecule has 0 spiro atoms. The number of hydrogen-bond acceptors (Lipinski definition) is 3. The van der Waals surface area contributed by atoms with Crippen molar-refractivity contribution in [3.05, 3.63) is 23.2 Å². The molecule has 0 bridgehead atoms. The highest BCUT2D eigenvalue weighted by Crippen LogP contribution is 2.35. The SMILES string of the molecule is Cc1cc(C(C)N2CCCNC(C3CC3)C2)c(C)o1. The summed E-state index contributed by atoms with van der Waals surface area (Å²) in [6.07, 6.45) is 4.09. The van der Waals surface area contributed by atoms with Crippen molar-refractivity contribution in [1.82, 2.24) is 10.2 Å². The molecule has 2 heterocycles. The first-order chi connectivity index (χ1) is 9.15. The molecule has 1 aliphatic carbocycles. The van der Waals surface area contributed by atoms with Crippen LogP contribution in [0.3, 0.4) is 0 Å². The first-order valence-corrected chi connectivity index (χ1v) is 7.69. The fourth-order valence-electron chi connectivity index (χ4n) is 3.41. The molecule has 2 fully saturated rings. The minimum atomic E-state index is 0.471. The molecule has 1 N–H and O–H groups in total. The first-order valence-electron chi connectivity index (χ1n) is 7.69. The molecule has 0 radical (unpaired) electrons. The topological polar surface area (TPSA) is 28.4 Å². The largest absolute Gasteiger partial charge is 0.466 e. The maximum absolute atomic E-state index is 5.70. The zero-order chi connectivity index (χ0) is 13.4. The van der Waals surface area contributed by atoms with E-state index in [0.29, 0.717) is 12.1 Å². The highest BCUT2D eigenvalue weighted by atomic mass is 16.3. The van der Waals surface area contributed by atoms with Crippen molar-refractivity contribution in [2.75, 3.05) is 19.6 Å². The fourth-order valence-corrected chi connectivity index (χ4v) is 3.41. The fraction of sp³-hybridized carbons (Fsp3) is 0.750. The highest BCUT2D eigenvalue weighted by Gasteiger charge is 2.34. The van der Waals surface area contributed by atoms with Gasteiger partial charge in [-0.05, 0) is 58.6 Å². The van der Waals surface area contributed by atoms with Gasteiger partial charge in [-0.25, -0.2) is 0 Å². The standard InChI is InChI=1S/C16H26N2O/c1-11-9-15(13(3)19-11)12(2)18-8-4-7-17-16(10-18)14-5-6-14/h9,12,14,16-17H,4-8,10H2,1-3H3. The first kappa shape index (κ1) is 13.2. The van der Waals surface area contributed by atoms with E-state index < -0.39 is 0 Å². The zero-order valence-electron chi connectivity index (χ0n) is 12.4. The van der Waals surface area contributed by atoms with E-state index in [1.54, 1.807) is 0 Å². The van der Waals surface area contributed by atoms with Gasteiger partial charge in [-0.3, -0.25) is 4.90 Å². The number of aryl methyl sites for hydroxylation is 2. The Morgan fingerprint density at radius 1 is 1.37 bits per heavy atom. The summed E-state index contributed by atoms with van der Waals surface area (Å²) in [4.78, 5) is 2.64. The lowest BCUT2D eigenvalue weighted by molar-refractivity contribution is 0.199. The van der Waals surface area contributed by atoms with Crippen LogP contribution in [-0.4, -0.2) is 30.6 Å². The van der Waals surface area contributed by atoms with Gasteiger partial charge in [0.05, 0.1) is 0 Å². The molecule has 3 nitrogen and oxygen atoms in total. The molecular formula is C16H26N2O. The average molecular weight is 262 g/mol. The number of nitrogens with zero attached hydrogens (tertiary/aromatic N) is 1. The molecule has 106 valence electrons. The molecule has 3 heteroatoms. The summed E-state index contributed by atoms with van der Waals surface area (Å²) in [5.41, 5.74) is 1.37. The Morgan fingerprint density at radius 3 is 2.79 bits per heavy atom. The van der Waals surface area contributed by atoms with Crippen molar-refractivity contribution < 1.29 is 4.42 Å². The molecule has 2 aliphatic rings. The van der Waals surface area contributed by atoms with Crippen LogP contribution in [0.25, 0.3) is 0 Å². The van der Waals surface area contributed by atoms with E-state index in [-0.39, 0.29) is 0 Å². The predicted octanol–water partition coefficient (Wildman–Crippen LogP) is 3.03. The highest BCUT2D eigenvalue weighted by molar-refractivity contribution is 5.23. The predicted molar refractivity (Wildman–Crippen MR) is 77.3 cm³/mol. The quantitative estimate of drug-likeness (QED) is 0.907. The van der Waals surface area contributed by atoms with Gasteiger partial charge in [0.15, 0.2) is 0 Å². The summed E-state index contributed by atoms with van der Waals surface area (Å²) in [5.74, 6) is 3.05. The normalized spacial score (nSPS) is 27.2. The summed E-state index contributed by atoms with van der Waals surface area (Å²) in [5, 5.41) is 3.73. The van der Waals surface area contributed by atoms with Gasteiger partial charge < -0.3 is 9.73 Å². The maximum atomic E-state index is 5.70. The van der Waals surface area contributed by atoms with E-state index in [0.717, 1.165) is 17.4 Å². The van der Waals surface area contributed by atoms with E-state index in [9.17, 15) is 0 Å². The molecule has 19 heavy (non-hydrogen) atoms. The van der Waals surface area contributed by atoms with Crippen LogP contribution in [0.5, 0.6) is 0 Å². The van der Waals surface area contributed by atoms with Gasteiger partial charge in [0.2, 0.25) is 0 Å². The third-order valence-corrected chi connectivity index (χ3v) is 4.73. The van der Waals surface area contributed by atoms with Crippen LogP contribution in [0.15, 0.2) is 10.5 Å². The summed E-state index contributed by atoms with van der Waals surface area (Å²) in [6, 6.07) is 3.39. The third kappa shape index (κ3) is 2.87. The molecule has 1 aromatic rings. The van der Waals surface area contributed by atoms with Gasteiger partial charge in [-0.15, -0.1) is 0 Å². The van der Waals surface area contributed by atoms with Crippen LogP contribution in [0.2, 0.25) is 0 Å². The van der Waals surface area contributed by atoms with Crippen molar-refractivity contribution in [3.8, 4) is 0 Å². The molecule has 1 aromatic heterocycles. The van der Waals surface area contributed by atoms with Gasteiger partial charge >= 0.3 is 0 Å². The number of furan rings is 1. The zero-order valence-corrected chi connectivity index (χ0v) is 12.4. The Kier molecular flexibility index (Phi) is 3.68. The van der Waals surface area contributed by atoms with Crippen LogP contribution in [0, 0.1) is 19.8 Å². The lowest BCUT2D eigenvalue weighted by Crippen LogP contribution is -2.40. The van der Waals surface area contributed by atoms with Gasteiger partial charge in [0.1, 0.15) is 11.5 Å². The van der Waals surface area contributed by atoms with Gasteiger partial charge in [0, 0.05) is 30.7 Å². The molecule has 3 rings (SSSR count). The number of nitrogens with one attached hydrogen (secondary N) is 1. The van der Waals surface area contributed by atoms with E-state index in [4.69, 9.17) is 4.42 Å². The Balaban J connectivity index is 1.73. The number of rotatable bonds is 3. The summed E-state index contributed by atoms with van der Waals surface area (Å²) in [7, 11) is 0. The average Bonchev–Trinajstić information content (AvgIpc) is 3.16. The second kappa shape index (κ2) is 5.29. The Bertz CT molecular complexity index is 436. The van der Waals surface area contributed by atoms with Crippen molar-refractivity contribution in [1.29, 1.82) is 0 Å².